The van der Waals surface area contributed by atoms with Crippen molar-refractivity contribution in [3.05, 3.63) is 12.2 Å². The van der Waals surface area contributed by atoms with Crippen LogP contribution in [-0.2, 0) is 28.9 Å². The predicted molar refractivity (Wildman–Crippen MR) is 186 cm³/mol. The van der Waals surface area contributed by atoms with Crippen molar-refractivity contribution in [2.24, 2.45) is 0 Å². The van der Waals surface area contributed by atoms with Crippen molar-refractivity contribution >= 4 is 16.4 Å². The van der Waals surface area contributed by atoms with Gasteiger partial charge < -0.3 is 29.3 Å². The molecule has 12 heteroatoms. The van der Waals surface area contributed by atoms with Gasteiger partial charge in [0.15, 0.2) is 0 Å². The van der Waals surface area contributed by atoms with Gasteiger partial charge in [0.05, 0.1) is 13.2 Å². The van der Waals surface area contributed by atoms with Gasteiger partial charge in [-0.3, -0.25) is 8.98 Å². The molecular formula is C36H69NaO10S. The largest absolute Gasteiger partial charge is 1.00 e. The van der Waals surface area contributed by atoms with Crippen molar-refractivity contribution < 1.29 is 76.3 Å². The van der Waals surface area contributed by atoms with Crippen molar-refractivity contribution in [2.75, 3.05) is 19.8 Å². The van der Waals surface area contributed by atoms with Crippen LogP contribution < -0.4 is 29.6 Å². The van der Waals surface area contributed by atoms with Gasteiger partial charge in [-0.15, -0.1) is 0 Å². The molecule has 0 aromatic carbocycles. The summed E-state index contributed by atoms with van der Waals surface area (Å²) >= 11 is 0. The van der Waals surface area contributed by atoms with E-state index in [-0.39, 0.29) is 55.3 Å². The van der Waals surface area contributed by atoms with Crippen LogP contribution in [0.2, 0.25) is 0 Å². The van der Waals surface area contributed by atoms with Crippen molar-refractivity contribution in [1.29, 1.82) is 0 Å². The number of hydrogen-bond donors (Lipinski definition) is 3. The van der Waals surface area contributed by atoms with Crippen LogP contribution in [0.5, 0.6) is 0 Å². The molecule has 1 saturated heterocycles. The quantitative estimate of drug-likeness (QED) is 0.0242. The van der Waals surface area contributed by atoms with Gasteiger partial charge in [-0.1, -0.05) is 135 Å². The molecule has 280 valence electrons. The van der Waals surface area contributed by atoms with Crippen LogP contribution in [0.3, 0.4) is 0 Å². The monoisotopic (exact) mass is 716 g/mol. The molecule has 4 atom stereocenters. The van der Waals surface area contributed by atoms with E-state index in [4.69, 9.17) is 9.47 Å². The fourth-order valence-electron chi connectivity index (χ4n) is 5.40. The Labute approximate surface area is 315 Å². The summed E-state index contributed by atoms with van der Waals surface area (Å²) in [7, 11) is -4.48. The summed E-state index contributed by atoms with van der Waals surface area (Å²) < 4.78 is 44.6. The predicted octanol–water partition coefficient (Wildman–Crippen LogP) is 4.44. The summed E-state index contributed by atoms with van der Waals surface area (Å²) in [4.78, 5) is 11.7. The first-order valence-electron chi connectivity index (χ1n) is 18.7. The molecule has 48 heavy (non-hydrogen) atoms. The summed E-state index contributed by atoms with van der Waals surface area (Å²) in [6.07, 6.45) is 28.2. The summed E-state index contributed by atoms with van der Waals surface area (Å²) in [6.45, 7) is 4.25. The van der Waals surface area contributed by atoms with Crippen LogP contribution in [-0.4, -0.2) is 78.5 Å². The Hall–Kier alpha value is -0.0800. The minimum atomic E-state index is -4.48. The third-order valence-corrected chi connectivity index (χ3v) is 8.81. The van der Waals surface area contributed by atoms with Crippen LogP contribution in [0, 0.1) is 0 Å². The summed E-state index contributed by atoms with van der Waals surface area (Å²) in [5, 5.41) is 29.0. The number of allylic oxidation sites excluding steroid dienone is 2. The number of carbonyl (C=O) groups is 1. The van der Waals surface area contributed by atoms with Crippen LogP contribution in [0.15, 0.2) is 12.2 Å². The van der Waals surface area contributed by atoms with Crippen molar-refractivity contribution in [1.82, 2.24) is 0 Å². The minimum absolute atomic E-state index is 0. The second-order valence-corrected chi connectivity index (χ2v) is 13.9. The zero-order valence-electron chi connectivity index (χ0n) is 30.7. The molecule has 0 radical (unpaired) electrons. The van der Waals surface area contributed by atoms with Gasteiger partial charge in [-0.25, -0.2) is 8.42 Å². The molecule has 0 bridgehead atoms. The summed E-state index contributed by atoms with van der Waals surface area (Å²) in [5.41, 5.74) is 0. The maximum Gasteiger partial charge on any atom is 1.00 e. The van der Waals surface area contributed by atoms with Crippen LogP contribution in [0.25, 0.3) is 0 Å². The number of hydrogen-bond acceptors (Lipinski definition) is 10. The Morgan fingerprint density at radius 3 is 1.65 bits per heavy atom. The van der Waals surface area contributed by atoms with E-state index in [0.29, 0.717) is 12.8 Å². The third kappa shape index (κ3) is 33.1. The second-order valence-electron chi connectivity index (χ2n) is 12.9. The molecule has 1 aliphatic rings. The molecule has 1 aliphatic heterocycles. The Morgan fingerprint density at radius 2 is 1.21 bits per heavy atom. The SMILES string of the molecule is CCCCCCCC/C=C\CCCCCCCC(=O)OC[C@@H](O)[C@H]1OC[C@H](O)[C@H]1O.CCCCCCCCCCCCOS(=O)(=O)[O-].[Na+]. The average Bonchev–Trinajstić information content (AvgIpc) is 3.37. The van der Waals surface area contributed by atoms with Crippen LogP contribution >= 0.6 is 0 Å². The third-order valence-electron chi connectivity index (χ3n) is 8.35. The molecule has 0 saturated carbocycles. The molecular weight excluding hydrogens is 647 g/mol. The second kappa shape index (κ2) is 35.3. The minimum Gasteiger partial charge on any atom is -0.726 e. The van der Waals surface area contributed by atoms with Crippen molar-refractivity contribution in [3.8, 4) is 0 Å². The number of carbonyl (C=O) groups excluding carboxylic acids is 1. The van der Waals surface area contributed by atoms with Gasteiger partial charge in [-0.05, 0) is 38.5 Å². The molecule has 0 amide bonds. The number of rotatable bonds is 30. The normalized spacial score (nSPS) is 18.3. The maximum absolute atomic E-state index is 11.7. The van der Waals surface area contributed by atoms with E-state index < -0.39 is 34.8 Å². The Balaban J connectivity index is 0. The van der Waals surface area contributed by atoms with Crippen LogP contribution in [0.4, 0.5) is 0 Å². The molecule has 0 aliphatic carbocycles. The van der Waals surface area contributed by atoms with E-state index in [1.54, 1.807) is 0 Å². The first-order valence-corrected chi connectivity index (χ1v) is 20.0. The molecule has 0 spiro atoms. The first-order chi connectivity index (χ1) is 22.6. The van der Waals surface area contributed by atoms with Gasteiger partial charge in [0.2, 0.25) is 10.4 Å². The van der Waals surface area contributed by atoms with Crippen molar-refractivity contribution in [3.63, 3.8) is 0 Å². The molecule has 1 fully saturated rings. The number of aliphatic hydroxyl groups is 3. The van der Waals surface area contributed by atoms with Gasteiger partial charge >= 0.3 is 35.5 Å². The van der Waals surface area contributed by atoms with Crippen LogP contribution in [0.1, 0.15) is 168 Å². The van der Waals surface area contributed by atoms with E-state index >= 15 is 0 Å². The number of aliphatic hydroxyl groups excluding tert-OH is 3. The van der Waals surface area contributed by atoms with E-state index in [1.807, 2.05) is 0 Å². The maximum atomic E-state index is 11.7. The first kappa shape index (κ1) is 50.0. The molecule has 0 aromatic rings. The zero-order valence-corrected chi connectivity index (χ0v) is 33.5. The molecule has 1 heterocycles. The number of unbranched alkanes of at least 4 members (excludes halogenated alkanes) is 20. The van der Waals surface area contributed by atoms with E-state index in [1.165, 1.54) is 103 Å². The van der Waals surface area contributed by atoms with E-state index in [0.717, 1.165) is 38.5 Å². The fraction of sp³-hybridized carbons (Fsp3) is 0.917. The molecule has 0 unspecified atom stereocenters. The zero-order chi connectivity index (χ0) is 35.0. The average molecular weight is 717 g/mol. The Bertz CT molecular complexity index is 843. The fourth-order valence-corrected chi connectivity index (χ4v) is 5.72. The summed E-state index contributed by atoms with van der Waals surface area (Å²) in [6, 6.07) is 0. The number of ether oxygens (including phenoxy) is 2. The molecule has 0 aromatic heterocycles. The molecule has 10 nitrogen and oxygen atoms in total. The Kier molecular flexibility index (Phi) is 36.8. The molecule has 1 rings (SSSR count). The molecule has 3 N–H and O–H groups in total. The number of esters is 1. The standard InChI is InChI=1S/C24H44O6.C12H26O4S.Na/c1-2-3-4-5-6-7-8-9-10-11-12-13-14-15-16-17-22(27)29-19-21(26)24-23(28)20(25)18-30-24;1-2-3-4-5-6-7-8-9-10-11-12-16-17(13,14)15;/h9-10,20-21,23-26,28H,2-8,11-19H2,1H3;2-12H2,1H3,(H,13,14,15);/q;;+1/p-1/b10-9-;;/t20-,21+,23+,24+;;/m0../s1. The van der Waals surface area contributed by atoms with E-state index in [2.05, 4.69) is 30.2 Å². The smallest absolute Gasteiger partial charge is 0.726 e. The van der Waals surface area contributed by atoms with Gasteiger partial charge in [0.1, 0.15) is 31.0 Å². The van der Waals surface area contributed by atoms with Gasteiger partial charge in [0.25, 0.3) is 0 Å². The van der Waals surface area contributed by atoms with Gasteiger partial charge in [-0.2, -0.15) is 0 Å². The summed E-state index contributed by atoms with van der Waals surface area (Å²) in [5.74, 6) is -0.347. The van der Waals surface area contributed by atoms with E-state index in [9.17, 15) is 33.1 Å². The van der Waals surface area contributed by atoms with Crippen molar-refractivity contribution in [2.45, 2.75) is 192 Å². The van der Waals surface area contributed by atoms with Gasteiger partial charge in [0, 0.05) is 6.42 Å². The Morgan fingerprint density at radius 1 is 0.771 bits per heavy atom. The topological polar surface area (TPSA) is 163 Å².